The van der Waals surface area contributed by atoms with E-state index in [1.807, 2.05) is 0 Å². The normalized spacial score (nSPS) is 10.3. The first-order valence-corrected chi connectivity index (χ1v) is 6.19. The van der Waals surface area contributed by atoms with Crippen molar-refractivity contribution in [3.8, 4) is 5.75 Å². The van der Waals surface area contributed by atoms with E-state index >= 15 is 0 Å². The lowest BCUT2D eigenvalue weighted by molar-refractivity contribution is 0.0919. The van der Waals surface area contributed by atoms with Crippen molar-refractivity contribution in [1.29, 1.82) is 0 Å². The highest BCUT2D eigenvalue weighted by Gasteiger charge is 2.12. The number of Topliss-reactive ketones (excluding diaryl/α,β-unsaturated/α-hetero) is 1. The van der Waals surface area contributed by atoms with Crippen LogP contribution < -0.4 is 4.74 Å². The van der Waals surface area contributed by atoms with Crippen LogP contribution in [0.1, 0.15) is 10.4 Å². The predicted octanol–water partition coefficient (Wildman–Crippen LogP) is 4.39. The Labute approximate surface area is 119 Å². The quantitative estimate of drug-likeness (QED) is 0.782. The molecule has 0 saturated heterocycles. The summed E-state index contributed by atoms with van der Waals surface area (Å²) in [6, 6.07) is 10.6. The zero-order valence-electron chi connectivity index (χ0n) is 9.70. The van der Waals surface area contributed by atoms with Gasteiger partial charge in [-0.15, -0.1) is 0 Å². The lowest BCUT2D eigenvalue weighted by Crippen LogP contribution is -2.12. The summed E-state index contributed by atoms with van der Waals surface area (Å²) in [6.07, 6.45) is 0. The minimum atomic E-state index is -0.605. The molecule has 0 aliphatic rings. The molecule has 0 aromatic heterocycles. The van der Waals surface area contributed by atoms with Crippen LogP contribution in [0.5, 0.6) is 5.75 Å². The zero-order chi connectivity index (χ0) is 13.8. The van der Waals surface area contributed by atoms with Crippen LogP contribution in [0.4, 0.5) is 4.39 Å². The number of hydrogen-bond acceptors (Lipinski definition) is 2. The van der Waals surface area contributed by atoms with Crippen molar-refractivity contribution in [3.05, 3.63) is 63.9 Å². The molecule has 0 spiro atoms. The molecule has 0 heterocycles. The summed E-state index contributed by atoms with van der Waals surface area (Å²) in [5, 5.41) is 0.577. The Morgan fingerprint density at radius 2 is 1.89 bits per heavy atom. The first-order valence-electron chi connectivity index (χ1n) is 5.43. The second-order valence-corrected chi connectivity index (χ2v) is 4.62. The molecule has 0 bridgehead atoms. The Kier molecular flexibility index (Phi) is 4.40. The molecule has 2 nitrogen and oxygen atoms in total. The average Bonchev–Trinajstić information content (AvgIpc) is 2.38. The van der Waals surface area contributed by atoms with Gasteiger partial charge in [0, 0.05) is 10.6 Å². The first kappa shape index (κ1) is 13.8. The Balaban J connectivity index is 2.09. The van der Waals surface area contributed by atoms with E-state index in [1.165, 1.54) is 24.3 Å². The molecule has 0 aliphatic carbocycles. The Morgan fingerprint density at radius 3 is 2.58 bits per heavy atom. The van der Waals surface area contributed by atoms with Gasteiger partial charge in [0.1, 0.15) is 0 Å². The fourth-order valence-electron chi connectivity index (χ4n) is 1.50. The molecule has 0 unspecified atom stereocenters. The van der Waals surface area contributed by atoms with E-state index in [9.17, 15) is 9.18 Å². The van der Waals surface area contributed by atoms with Crippen LogP contribution >= 0.6 is 23.2 Å². The molecule has 2 aromatic carbocycles. The molecular weight excluding hydrogens is 290 g/mol. The number of carbonyl (C=O) groups excluding carboxylic acids is 1. The van der Waals surface area contributed by atoms with E-state index in [-0.39, 0.29) is 23.2 Å². The minimum Gasteiger partial charge on any atom is -0.481 e. The largest absolute Gasteiger partial charge is 0.481 e. The van der Waals surface area contributed by atoms with Gasteiger partial charge in [0.05, 0.1) is 5.02 Å². The number of ether oxygens (including phenoxy) is 1. The van der Waals surface area contributed by atoms with E-state index in [2.05, 4.69) is 0 Å². The van der Waals surface area contributed by atoms with Crippen molar-refractivity contribution >= 4 is 29.0 Å². The second-order valence-electron chi connectivity index (χ2n) is 3.77. The maximum Gasteiger partial charge on any atom is 0.200 e. The van der Waals surface area contributed by atoms with Gasteiger partial charge in [0.2, 0.25) is 0 Å². The van der Waals surface area contributed by atoms with Crippen LogP contribution in [0.25, 0.3) is 0 Å². The molecule has 0 radical (unpaired) electrons. The number of rotatable bonds is 4. The molecule has 0 fully saturated rings. The Bertz CT molecular complexity index is 594. The van der Waals surface area contributed by atoms with Gasteiger partial charge in [-0.2, -0.15) is 0 Å². The Morgan fingerprint density at radius 1 is 1.16 bits per heavy atom. The van der Waals surface area contributed by atoms with E-state index in [1.54, 1.807) is 18.2 Å². The SMILES string of the molecule is O=C(COc1c(F)cccc1Cl)c1cccc(Cl)c1. The molecule has 98 valence electrons. The lowest BCUT2D eigenvalue weighted by Gasteiger charge is -2.08. The summed E-state index contributed by atoms with van der Waals surface area (Å²) in [6.45, 7) is -0.305. The van der Waals surface area contributed by atoms with Crippen molar-refractivity contribution in [2.24, 2.45) is 0 Å². The molecule has 0 amide bonds. The highest BCUT2D eigenvalue weighted by atomic mass is 35.5. The van der Waals surface area contributed by atoms with E-state index in [0.29, 0.717) is 10.6 Å². The van der Waals surface area contributed by atoms with Gasteiger partial charge in [-0.3, -0.25) is 4.79 Å². The van der Waals surface area contributed by atoms with Crippen molar-refractivity contribution in [2.75, 3.05) is 6.61 Å². The Hall–Kier alpha value is -1.58. The monoisotopic (exact) mass is 298 g/mol. The van der Waals surface area contributed by atoms with Crippen molar-refractivity contribution in [1.82, 2.24) is 0 Å². The third kappa shape index (κ3) is 3.46. The highest BCUT2D eigenvalue weighted by molar-refractivity contribution is 6.32. The second kappa shape index (κ2) is 6.04. The third-order valence-electron chi connectivity index (χ3n) is 2.41. The van der Waals surface area contributed by atoms with Crippen molar-refractivity contribution in [3.63, 3.8) is 0 Å². The third-order valence-corrected chi connectivity index (χ3v) is 2.95. The highest BCUT2D eigenvalue weighted by Crippen LogP contribution is 2.27. The number of carbonyl (C=O) groups is 1. The number of halogens is 3. The predicted molar refractivity (Wildman–Crippen MR) is 72.7 cm³/mol. The minimum absolute atomic E-state index is 0.124. The molecule has 0 saturated carbocycles. The van der Waals surface area contributed by atoms with Gasteiger partial charge in [-0.1, -0.05) is 41.4 Å². The molecule has 0 N–H and O–H groups in total. The smallest absolute Gasteiger partial charge is 0.200 e. The standard InChI is InChI=1S/C14H9Cl2FO2/c15-10-4-1-3-9(7-10)13(18)8-19-14-11(16)5-2-6-12(14)17/h1-7H,8H2. The first-order chi connectivity index (χ1) is 9.08. The number of benzene rings is 2. The fraction of sp³-hybridized carbons (Fsp3) is 0.0714. The fourth-order valence-corrected chi connectivity index (χ4v) is 1.91. The summed E-state index contributed by atoms with van der Waals surface area (Å²) in [5.41, 5.74) is 0.403. The van der Waals surface area contributed by atoms with Gasteiger partial charge in [0.15, 0.2) is 24.0 Å². The molecular formula is C14H9Cl2FO2. The van der Waals surface area contributed by atoms with Crippen molar-refractivity contribution < 1.29 is 13.9 Å². The van der Waals surface area contributed by atoms with E-state index in [4.69, 9.17) is 27.9 Å². The van der Waals surface area contributed by atoms with Gasteiger partial charge < -0.3 is 4.74 Å². The van der Waals surface area contributed by atoms with Crippen LogP contribution in [-0.2, 0) is 0 Å². The summed E-state index contributed by atoms with van der Waals surface area (Å²) < 4.78 is 18.5. The van der Waals surface area contributed by atoms with Crippen LogP contribution in [0.15, 0.2) is 42.5 Å². The van der Waals surface area contributed by atoms with E-state index in [0.717, 1.165) is 0 Å². The van der Waals surface area contributed by atoms with Crippen LogP contribution in [0.2, 0.25) is 10.0 Å². The zero-order valence-corrected chi connectivity index (χ0v) is 11.2. The number of para-hydroxylation sites is 1. The maximum atomic E-state index is 13.4. The molecule has 5 heteroatoms. The topological polar surface area (TPSA) is 26.3 Å². The van der Waals surface area contributed by atoms with Crippen LogP contribution in [-0.4, -0.2) is 12.4 Å². The van der Waals surface area contributed by atoms with Gasteiger partial charge in [-0.25, -0.2) is 4.39 Å². The number of hydrogen-bond donors (Lipinski definition) is 0. The molecule has 2 aromatic rings. The van der Waals surface area contributed by atoms with Crippen LogP contribution in [0, 0.1) is 5.82 Å². The van der Waals surface area contributed by atoms with Gasteiger partial charge in [0.25, 0.3) is 0 Å². The summed E-state index contributed by atoms with van der Waals surface area (Å²) in [5.74, 6) is -1.03. The molecule has 0 aliphatic heterocycles. The average molecular weight is 299 g/mol. The summed E-state index contributed by atoms with van der Waals surface area (Å²) in [4.78, 5) is 11.8. The van der Waals surface area contributed by atoms with E-state index < -0.39 is 5.82 Å². The lowest BCUT2D eigenvalue weighted by atomic mass is 10.1. The molecule has 19 heavy (non-hydrogen) atoms. The molecule has 0 atom stereocenters. The van der Waals surface area contributed by atoms with Crippen LogP contribution in [0.3, 0.4) is 0 Å². The van der Waals surface area contributed by atoms with Gasteiger partial charge >= 0.3 is 0 Å². The summed E-state index contributed by atoms with van der Waals surface area (Å²) in [7, 11) is 0. The van der Waals surface area contributed by atoms with Gasteiger partial charge in [-0.05, 0) is 24.3 Å². The number of ketones is 1. The molecule has 2 rings (SSSR count). The van der Waals surface area contributed by atoms with Crippen molar-refractivity contribution in [2.45, 2.75) is 0 Å². The maximum absolute atomic E-state index is 13.4. The summed E-state index contributed by atoms with van der Waals surface area (Å²) >= 11 is 11.6.